The molecule has 4 unspecified atom stereocenters. The molecule has 2 heterocycles. The van der Waals surface area contributed by atoms with Crippen molar-refractivity contribution in [2.75, 3.05) is 0 Å². The zero-order valence-electron chi connectivity index (χ0n) is 14.8. The SMILES string of the molecule is C1=CCC2NC3C=C(C4=C5SC6=C(C=CCC6)C5CC=C4)C=CC3C2=C1. The van der Waals surface area contributed by atoms with Crippen LogP contribution in [0.15, 0.2) is 92.9 Å². The molecule has 0 saturated carbocycles. The predicted octanol–water partition coefficient (Wildman–Crippen LogP) is 5.51. The van der Waals surface area contributed by atoms with Crippen LogP contribution in [0.2, 0.25) is 0 Å². The van der Waals surface area contributed by atoms with Gasteiger partial charge in [-0.15, -0.1) is 0 Å². The Balaban J connectivity index is 1.35. The van der Waals surface area contributed by atoms with Gasteiger partial charge in [0, 0.05) is 28.8 Å². The first-order chi connectivity index (χ1) is 12.9. The summed E-state index contributed by atoms with van der Waals surface area (Å²) in [7, 11) is 0. The minimum atomic E-state index is 0.446. The molecule has 2 heteroatoms. The summed E-state index contributed by atoms with van der Waals surface area (Å²) >= 11 is 2.07. The average molecular weight is 358 g/mol. The van der Waals surface area contributed by atoms with Crippen LogP contribution in [0, 0.1) is 11.8 Å². The van der Waals surface area contributed by atoms with E-state index in [4.69, 9.17) is 0 Å². The highest BCUT2D eigenvalue weighted by atomic mass is 32.2. The molecule has 1 nitrogen and oxygen atoms in total. The van der Waals surface area contributed by atoms with Crippen LogP contribution in [-0.4, -0.2) is 12.1 Å². The van der Waals surface area contributed by atoms with Gasteiger partial charge in [-0.3, -0.25) is 0 Å². The predicted molar refractivity (Wildman–Crippen MR) is 111 cm³/mol. The highest BCUT2D eigenvalue weighted by Gasteiger charge is 2.38. The lowest BCUT2D eigenvalue weighted by Gasteiger charge is -2.24. The van der Waals surface area contributed by atoms with Gasteiger partial charge in [-0.2, -0.15) is 0 Å². The Morgan fingerprint density at radius 2 is 2.04 bits per heavy atom. The molecular weight excluding hydrogens is 334 g/mol. The van der Waals surface area contributed by atoms with Crippen LogP contribution in [0.1, 0.15) is 25.7 Å². The molecule has 0 aromatic heterocycles. The van der Waals surface area contributed by atoms with Gasteiger partial charge < -0.3 is 5.32 Å². The summed E-state index contributed by atoms with van der Waals surface area (Å²) in [5.74, 6) is 1.14. The Labute approximate surface area is 159 Å². The van der Waals surface area contributed by atoms with Crippen molar-refractivity contribution in [3.63, 3.8) is 0 Å². The highest BCUT2D eigenvalue weighted by molar-refractivity contribution is 8.07. The standard InChI is InChI=1S/C24H23NS/c1-3-10-21-17(6-1)18-13-12-15(14-22(18)25-21)16-8-5-9-20-19-7-2-4-11-23(19)26-24(16)20/h1-3,5-8,12-14,18,20-22,25H,4,9-11H2. The minimum Gasteiger partial charge on any atom is -0.303 e. The summed E-state index contributed by atoms with van der Waals surface area (Å²) in [6, 6.07) is 0.976. The van der Waals surface area contributed by atoms with E-state index in [2.05, 4.69) is 77.8 Å². The molecule has 26 heavy (non-hydrogen) atoms. The Morgan fingerprint density at radius 1 is 1.04 bits per heavy atom. The number of nitrogens with one attached hydrogen (secondary N) is 1. The van der Waals surface area contributed by atoms with E-state index >= 15 is 0 Å². The largest absolute Gasteiger partial charge is 0.303 e. The molecule has 130 valence electrons. The lowest BCUT2D eigenvalue weighted by molar-refractivity contribution is 0.585. The fourth-order valence-electron chi connectivity index (χ4n) is 5.26. The zero-order valence-corrected chi connectivity index (χ0v) is 15.6. The van der Waals surface area contributed by atoms with E-state index in [-0.39, 0.29) is 0 Å². The Morgan fingerprint density at radius 3 is 3.04 bits per heavy atom. The molecule has 2 aliphatic heterocycles. The third-order valence-corrected chi connectivity index (χ3v) is 7.93. The first-order valence-electron chi connectivity index (χ1n) is 9.90. The second-order valence-corrected chi connectivity index (χ2v) is 9.11. The lowest BCUT2D eigenvalue weighted by atomic mass is 9.81. The average Bonchev–Trinajstić information content (AvgIpc) is 3.25. The lowest BCUT2D eigenvalue weighted by Crippen LogP contribution is -2.30. The third-order valence-electron chi connectivity index (χ3n) is 6.52. The van der Waals surface area contributed by atoms with Gasteiger partial charge in [0.15, 0.2) is 0 Å². The van der Waals surface area contributed by atoms with Crippen LogP contribution < -0.4 is 5.32 Å². The molecular formula is C24H23NS. The van der Waals surface area contributed by atoms with Crippen LogP contribution in [-0.2, 0) is 0 Å². The fraction of sp³-hybridized carbons (Fsp3) is 0.333. The van der Waals surface area contributed by atoms with Crippen LogP contribution in [0.25, 0.3) is 0 Å². The number of allylic oxidation sites excluding steroid dienone is 12. The second-order valence-electron chi connectivity index (χ2n) is 7.97. The molecule has 6 aliphatic rings. The van der Waals surface area contributed by atoms with E-state index in [1.54, 1.807) is 21.0 Å². The molecule has 0 bridgehead atoms. The van der Waals surface area contributed by atoms with Crippen molar-refractivity contribution < 1.29 is 0 Å². The van der Waals surface area contributed by atoms with Gasteiger partial charge in [-0.1, -0.05) is 72.5 Å². The van der Waals surface area contributed by atoms with Crippen molar-refractivity contribution >= 4 is 11.8 Å². The molecule has 0 amide bonds. The van der Waals surface area contributed by atoms with E-state index < -0.39 is 0 Å². The number of hydrogen-bond acceptors (Lipinski definition) is 2. The fourth-order valence-corrected chi connectivity index (χ4v) is 6.74. The summed E-state index contributed by atoms with van der Waals surface area (Å²) in [5, 5.41) is 3.85. The number of rotatable bonds is 1. The van der Waals surface area contributed by atoms with Gasteiger partial charge in [-0.05, 0) is 52.9 Å². The maximum atomic E-state index is 3.85. The van der Waals surface area contributed by atoms with Crippen molar-refractivity contribution in [2.24, 2.45) is 11.8 Å². The Kier molecular flexibility index (Phi) is 3.45. The maximum absolute atomic E-state index is 3.85. The highest BCUT2D eigenvalue weighted by Crippen LogP contribution is 2.54. The first kappa shape index (κ1) is 15.3. The van der Waals surface area contributed by atoms with Gasteiger partial charge in [0.25, 0.3) is 0 Å². The molecule has 4 aliphatic carbocycles. The topological polar surface area (TPSA) is 12.0 Å². The third kappa shape index (κ3) is 2.22. The van der Waals surface area contributed by atoms with E-state index in [9.17, 15) is 0 Å². The minimum absolute atomic E-state index is 0.446. The van der Waals surface area contributed by atoms with Gasteiger partial charge >= 0.3 is 0 Å². The molecule has 0 aromatic rings. The van der Waals surface area contributed by atoms with E-state index in [1.165, 1.54) is 24.0 Å². The number of hydrogen-bond donors (Lipinski definition) is 1. The first-order valence-corrected chi connectivity index (χ1v) is 10.7. The monoisotopic (exact) mass is 357 g/mol. The zero-order chi connectivity index (χ0) is 17.1. The number of fused-ring (bicyclic) bond motifs is 5. The summed E-state index contributed by atoms with van der Waals surface area (Å²) in [6.07, 6.45) is 28.4. The van der Waals surface area contributed by atoms with Gasteiger partial charge in [-0.25, -0.2) is 0 Å². The van der Waals surface area contributed by atoms with Crippen molar-refractivity contribution in [1.29, 1.82) is 0 Å². The molecule has 1 saturated heterocycles. The van der Waals surface area contributed by atoms with E-state index in [0.717, 1.165) is 12.8 Å². The van der Waals surface area contributed by atoms with Crippen molar-refractivity contribution in [3.8, 4) is 0 Å². The van der Waals surface area contributed by atoms with Gasteiger partial charge in [0.1, 0.15) is 0 Å². The van der Waals surface area contributed by atoms with Crippen LogP contribution in [0.3, 0.4) is 0 Å². The van der Waals surface area contributed by atoms with Gasteiger partial charge in [0.2, 0.25) is 0 Å². The summed E-state index contributed by atoms with van der Waals surface area (Å²) in [4.78, 5) is 3.21. The molecule has 0 radical (unpaired) electrons. The van der Waals surface area contributed by atoms with Crippen molar-refractivity contribution in [3.05, 3.63) is 92.9 Å². The maximum Gasteiger partial charge on any atom is 0.0365 e. The van der Waals surface area contributed by atoms with Crippen LogP contribution >= 0.6 is 11.8 Å². The summed E-state index contributed by atoms with van der Waals surface area (Å²) in [5.41, 5.74) is 6.04. The summed E-state index contributed by atoms with van der Waals surface area (Å²) < 4.78 is 0. The molecule has 6 rings (SSSR count). The summed E-state index contributed by atoms with van der Waals surface area (Å²) in [6.45, 7) is 0. The quantitative estimate of drug-likeness (QED) is 0.664. The van der Waals surface area contributed by atoms with Crippen molar-refractivity contribution in [2.45, 2.75) is 37.8 Å². The van der Waals surface area contributed by atoms with Gasteiger partial charge in [0.05, 0.1) is 0 Å². The molecule has 1 N–H and O–H groups in total. The number of thioether (sulfide) groups is 1. The molecule has 0 spiro atoms. The molecule has 4 atom stereocenters. The second kappa shape index (κ2) is 5.87. The van der Waals surface area contributed by atoms with E-state index in [1.807, 2.05) is 0 Å². The Bertz CT molecular complexity index is 918. The molecule has 0 aromatic carbocycles. The Hall–Kier alpha value is -1.77. The normalized spacial score (nSPS) is 36.6. The van der Waals surface area contributed by atoms with E-state index in [0.29, 0.717) is 23.9 Å². The van der Waals surface area contributed by atoms with Crippen molar-refractivity contribution in [1.82, 2.24) is 5.32 Å². The van der Waals surface area contributed by atoms with Crippen LogP contribution in [0.5, 0.6) is 0 Å². The smallest absolute Gasteiger partial charge is 0.0365 e. The van der Waals surface area contributed by atoms with Crippen LogP contribution in [0.4, 0.5) is 0 Å². The molecule has 1 fully saturated rings.